The first-order valence-electron chi connectivity index (χ1n) is 8.02. The van der Waals surface area contributed by atoms with Crippen molar-refractivity contribution in [2.75, 3.05) is 13.7 Å². The molecule has 142 valence electrons. The molecule has 0 spiro atoms. The number of allylic oxidation sites excluding steroid dienone is 1. The topological polar surface area (TPSA) is 102 Å². The van der Waals surface area contributed by atoms with Crippen LogP contribution in [0.5, 0.6) is 0 Å². The molecule has 2 aromatic rings. The van der Waals surface area contributed by atoms with Crippen molar-refractivity contribution < 1.29 is 22.7 Å². The molecule has 0 heterocycles. The summed E-state index contributed by atoms with van der Waals surface area (Å²) in [6.45, 7) is 1.20. The van der Waals surface area contributed by atoms with E-state index in [-0.39, 0.29) is 0 Å². The third-order valence-electron chi connectivity index (χ3n) is 3.64. The number of hydrogen-bond acceptors (Lipinski definition) is 5. The summed E-state index contributed by atoms with van der Waals surface area (Å²) < 4.78 is 30.3. The lowest BCUT2D eigenvalue weighted by Gasteiger charge is -2.07. The molecule has 7 nitrogen and oxygen atoms in total. The molecule has 0 aromatic heterocycles. The van der Waals surface area contributed by atoms with Crippen LogP contribution in [0.3, 0.4) is 0 Å². The number of urea groups is 1. The van der Waals surface area contributed by atoms with Crippen molar-refractivity contribution in [1.82, 2.24) is 10.0 Å². The van der Waals surface area contributed by atoms with E-state index in [2.05, 4.69) is 10.1 Å². The van der Waals surface area contributed by atoms with E-state index in [4.69, 9.17) is 0 Å². The maximum absolute atomic E-state index is 12.1. The van der Waals surface area contributed by atoms with Gasteiger partial charge in [-0.3, -0.25) is 4.79 Å². The molecule has 0 unspecified atom stereocenters. The first kappa shape index (κ1) is 20.2. The maximum atomic E-state index is 12.1. The van der Waals surface area contributed by atoms with Crippen molar-refractivity contribution in [3.63, 3.8) is 0 Å². The third-order valence-corrected chi connectivity index (χ3v) is 4.77. The highest BCUT2D eigenvalue weighted by Gasteiger charge is 2.13. The number of ether oxygens (including phenoxy) is 1. The minimum atomic E-state index is -4.02. The lowest BCUT2D eigenvalue weighted by atomic mass is 10.0. The highest BCUT2D eigenvalue weighted by molar-refractivity contribution is 7.93. The number of esters is 1. The van der Waals surface area contributed by atoms with E-state index in [1.54, 1.807) is 19.1 Å². The number of rotatable bonds is 6. The van der Waals surface area contributed by atoms with Crippen molar-refractivity contribution in [2.45, 2.75) is 6.92 Å². The fraction of sp³-hybridized carbons (Fsp3) is 0.158. The Hall–Kier alpha value is -3.13. The first-order valence-corrected chi connectivity index (χ1v) is 9.57. The Morgan fingerprint density at radius 3 is 2.19 bits per heavy atom. The number of sulfonamides is 1. The van der Waals surface area contributed by atoms with Crippen molar-refractivity contribution in [2.24, 2.45) is 0 Å². The lowest BCUT2D eigenvalue weighted by molar-refractivity contribution is -0.139. The average Bonchev–Trinajstić information content (AvgIpc) is 2.66. The van der Waals surface area contributed by atoms with Crippen molar-refractivity contribution >= 4 is 27.6 Å². The van der Waals surface area contributed by atoms with Gasteiger partial charge in [-0.2, -0.15) is 0 Å². The molecule has 0 atom stereocenters. The fourth-order valence-electron chi connectivity index (χ4n) is 2.28. The number of benzene rings is 2. The summed E-state index contributed by atoms with van der Waals surface area (Å²) in [5, 5.41) is 3.06. The Bertz CT molecular complexity index is 936. The summed E-state index contributed by atoms with van der Waals surface area (Å²) >= 11 is 0. The van der Waals surface area contributed by atoms with E-state index >= 15 is 0 Å². The minimum absolute atomic E-state index is 0.429. The van der Waals surface area contributed by atoms with Crippen LogP contribution < -0.4 is 10.0 Å². The summed E-state index contributed by atoms with van der Waals surface area (Å²) in [6, 6.07) is 16.2. The highest BCUT2D eigenvalue weighted by Crippen LogP contribution is 2.22. The Labute approximate surface area is 158 Å². The minimum Gasteiger partial charge on any atom is -0.468 e. The Morgan fingerprint density at radius 1 is 1.00 bits per heavy atom. The summed E-state index contributed by atoms with van der Waals surface area (Å²) in [6.07, 6.45) is 0. The van der Waals surface area contributed by atoms with Crippen LogP contribution in [0.4, 0.5) is 4.79 Å². The fourth-order valence-corrected chi connectivity index (χ4v) is 3.27. The molecule has 0 saturated carbocycles. The first-order chi connectivity index (χ1) is 12.8. The molecule has 0 aliphatic heterocycles. The second kappa shape index (κ2) is 9.00. The van der Waals surface area contributed by atoms with Crippen LogP contribution in [-0.4, -0.2) is 34.1 Å². The normalized spacial score (nSPS) is 11.6. The summed E-state index contributed by atoms with van der Waals surface area (Å²) in [5.41, 5.74) is 3.23. The van der Waals surface area contributed by atoms with Gasteiger partial charge in [0.1, 0.15) is 6.54 Å². The molecule has 2 amide bonds. The molecule has 0 bridgehead atoms. The average molecular weight is 388 g/mol. The largest absolute Gasteiger partial charge is 0.468 e. The van der Waals surface area contributed by atoms with E-state index in [1.165, 1.54) is 0 Å². The molecular weight excluding hydrogens is 368 g/mol. The van der Waals surface area contributed by atoms with E-state index in [1.807, 2.05) is 47.2 Å². The highest BCUT2D eigenvalue weighted by atomic mass is 32.2. The van der Waals surface area contributed by atoms with Gasteiger partial charge in [-0.05, 0) is 29.2 Å². The smallest absolute Gasteiger partial charge is 0.329 e. The van der Waals surface area contributed by atoms with Crippen molar-refractivity contribution in [1.29, 1.82) is 0 Å². The number of hydrogen-bond donors (Lipinski definition) is 2. The Morgan fingerprint density at radius 2 is 1.59 bits per heavy atom. The summed E-state index contributed by atoms with van der Waals surface area (Å²) in [4.78, 5) is 22.5. The molecule has 2 N–H and O–H groups in total. The zero-order chi connectivity index (χ0) is 19.9. The number of methoxy groups -OCH3 is 1. The van der Waals surface area contributed by atoms with Crippen LogP contribution in [0.2, 0.25) is 0 Å². The quantitative estimate of drug-likeness (QED) is 0.741. The van der Waals surface area contributed by atoms with Crippen LogP contribution in [0.1, 0.15) is 12.5 Å². The molecular formula is C19H20N2O5S. The molecule has 2 aromatic carbocycles. The van der Waals surface area contributed by atoms with Gasteiger partial charge < -0.3 is 10.1 Å². The summed E-state index contributed by atoms with van der Waals surface area (Å²) in [7, 11) is -2.86. The number of nitrogens with one attached hydrogen (secondary N) is 2. The second-order valence-corrected chi connectivity index (χ2v) is 7.18. The molecule has 0 fully saturated rings. The van der Waals surface area contributed by atoms with Crippen LogP contribution in [0.15, 0.2) is 60.0 Å². The van der Waals surface area contributed by atoms with Crippen molar-refractivity contribution in [3.05, 3.63) is 65.6 Å². The van der Waals surface area contributed by atoms with Gasteiger partial charge in [0.25, 0.3) is 10.0 Å². The van der Waals surface area contributed by atoms with Crippen LogP contribution in [0, 0.1) is 0 Å². The predicted octanol–water partition coefficient (Wildman–Crippen LogP) is 2.52. The Balaban J connectivity index is 2.06. The summed E-state index contributed by atoms with van der Waals surface area (Å²) in [5.74, 6) is -0.687. The zero-order valence-electron chi connectivity index (χ0n) is 14.9. The lowest BCUT2D eigenvalue weighted by Crippen LogP contribution is -2.41. The van der Waals surface area contributed by atoms with Crippen molar-refractivity contribution in [3.8, 4) is 11.1 Å². The molecule has 0 saturated heterocycles. The molecule has 0 aliphatic rings. The van der Waals surface area contributed by atoms with Gasteiger partial charge in [0, 0.05) is 0 Å². The SMILES string of the molecule is COC(=O)CNC(=O)NS(=O)(=O)C=C(C)c1ccc(-c2ccccc2)cc1. The third kappa shape index (κ3) is 6.27. The van der Waals surface area contributed by atoms with E-state index < -0.39 is 28.6 Å². The van der Waals surface area contributed by atoms with E-state index in [9.17, 15) is 18.0 Å². The Kier molecular flexibility index (Phi) is 6.73. The van der Waals surface area contributed by atoms with Gasteiger partial charge in [0.15, 0.2) is 0 Å². The van der Waals surface area contributed by atoms with Gasteiger partial charge in [0.05, 0.1) is 12.5 Å². The molecule has 0 radical (unpaired) electrons. The monoisotopic (exact) mass is 388 g/mol. The number of carbonyl (C=O) groups excluding carboxylic acids is 2. The molecule has 2 rings (SSSR count). The zero-order valence-corrected chi connectivity index (χ0v) is 15.7. The molecule has 27 heavy (non-hydrogen) atoms. The number of carbonyl (C=O) groups is 2. The van der Waals surface area contributed by atoms with Gasteiger partial charge in [-0.25, -0.2) is 17.9 Å². The predicted molar refractivity (Wildman–Crippen MR) is 103 cm³/mol. The van der Waals surface area contributed by atoms with Crippen LogP contribution >= 0.6 is 0 Å². The standard InChI is InChI=1S/C19H20N2O5S/c1-14(13-27(24,25)21-19(23)20-12-18(22)26-2)15-8-10-17(11-9-15)16-6-4-3-5-7-16/h3-11,13H,12H2,1-2H3,(H2,20,21,23). The molecule has 0 aliphatic carbocycles. The number of amides is 2. The van der Waals surface area contributed by atoms with Gasteiger partial charge in [0.2, 0.25) is 0 Å². The van der Waals surface area contributed by atoms with Crippen LogP contribution in [-0.2, 0) is 19.6 Å². The van der Waals surface area contributed by atoms with Gasteiger partial charge in [-0.15, -0.1) is 0 Å². The van der Waals surface area contributed by atoms with Gasteiger partial charge in [-0.1, -0.05) is 54.6 Å². The van der Waals surface area contributed by atoms with E-state index in [0.29, 0.717) is 11.1 Å². The van der Waals surface area contributed by atoms with Crippen LogP contribution in [0.25, 0.3) is 16.7 Å². The molecule has 8 heteroatoms. The van der Waals surface area contributed by atoms with Gasteiger partial charge >= 0.3 is 12.0 Å². The maximum Gasteiger partial charge on any atom is 0.329 e. The van der Waals surface area contributed by atoms with E-state index in [0.717, 1.165) is 23.6 Å². The second-order valence-electron chi connectivity index (χ2n) is 5.65.